The zero-order valence-corrected chi connectivity index (χ0v) is 71.6. The van der Waals surface area contributed by atoms with Gasteiger partial charge in [-0.1, -0.05) is 350 Å². The van der Waals surface area contributed by atoms with Crippen LogP contribution in [0.1, 0.15) is 459 Å². The molecule has 2 aliphatic rings. The van der Waals surface area contributed by atoms with E-state index in [0.29, 0.717) is 70.8 Å². The maximum Gasteiger partial charge on any atom is 0.470 e. The zero-order chi connectivity index (χ0) is 79.5. The van der Waals surface area contributed by atoms with Crippen LogP contribution in [0.4, 0.5) is 0 Å². The summed E-state index contributed by atoms with van der Waals surface area (Å²) in [4.78, 5) is 109. The number of nitrogens with zero attached hydrogens (tertiary/aromatic N) is 1. The predicted molar refractivity (Wildman–Crippen MR) is 440 cm³/mol. The lowest BCUT2D eigenvalue weighted by Crippen LogP contribution is -2.66. The summed E-state index contributed by atoms with van der Waals surface area (Å²) in [5.74, 6) is -2.91. The number of esters is 4. The molecular formula is C89H167N2O17P. The molecule has 2 heterocycles. The number of aliphatic hydroxyl groups excluding tert-OH is 1. The molecule has 2 saturated heterocycles. The number of ether oxygens (including phenoxy) is 6. The average molecular weight is 1570 g/mol. The first kappa shape index (κ1) is 102. The van der Waals surface area contributed by atoms with Crippen molar-refractivity contribution in [2.75, 3.05) is 19.8 Å². The number of likely N-dealkylation sites (tertiary alicyclic amines) is 1. The van der Waals surface area contributed by atoms with E-state index in [1.165, 1.54) is 167 Å². The van der Waals surface area contributed by atoms with Crippen molar-refractivity contribution >= 4 is 43.5 Å². The number of amides is 2. The third kappa shape index (κ3) is 55.9. The van der Waals surface area contributed by atoms with Gasteiger partial charge in [0.15, 0.2) is 12.4 Å². The molecule has 0 radical (unpaired) electrons. The van der Waals surface area contributed by atoms with Crippen LogP contribution in [0, 0.1) is 0 Å². The molecule has 2 amide bonds. The topological polar surface area (TPSA) is 260 Å². The van der Waals surface area contributed by atoms with Crippen LogP contribution in [0.15, 0.2) is 0 Å². The molecule has 19 nitrogen and oxygen atoms in total. The molecule has 2 rings (SSSR count). The molecule has 0 aliphatic carbocycles. The Labute approximate surface area is 665 Å². The highest BCUT2D eigenvalue weighted by Gasteiger charge is 2.53. The van der Waals surface area contributed by atoms with Crippen LogP contribution in [0.5, 0.6) is 0 Å². The first-order valence-corrected chi connectivity index (χ1v) is 47.5. The number of unbranched alkanes of at least 4 members (excludes halogenated alkanes) is 48. The molecular weight excluding hydrogens is 1400 g/mol. The fraction of sp³-hybridized carbons (Fsp3) is 0.933. The summed E-state index contributed by atoms with van der Waals surface area (Å²) in [6.07, 6.45) is 51.6. The lowest BCUT2D eigenvalue weighted by molar-refractivity contribution is -0.273. The Balaban J connectivity index is 2.62. The minimum absolute atomic E-state index is 0.0136. The van der Waals surface area contributed by atoms with Crippen LogP contribution in [0.2, 0.25) is 0 Å². The van der Waals surface area contributed by atoms with Crippen LogP contribution in [-0.2, 0) is 66.3 Å². The number of carbonyl (C=O) groups is 6. The molecule has 9 atom stereocenters. The number of hydrogen-bond acceptors (Lipinski definition) is 15. The highest BCUT2D eigenvalue weighted by atomic mass is 31.2. The summed E-state index contributed by atoms with van der Waals surface area (Å²) in [6, 6.07) is -2.10. The molecule has 0 spiro atoms. The van der Waals surface area contributed by atoms with E-state index < -0.39 is 99.7 Å². The second-order valence-electron chi connectivity index (χ2n) is 32.6. The summed E-state index contributed by atoms with van der Waals surface area (Å²) in [6.45, 7) is 12.6. The largest absolute Gasteiger partial charge is 0.470 e. The first-order chi connectivity index (χ1) is 53.0. The Morgan fingerprint density at radius 2 is 0.725 bits per heavy atom. The van der Waals surface area contributed by atoms with Gasteiger partial charge in [-0.25, -0.2) is 4.57 Å². The Hall–Kier alpha value is -3.19. The average Bonchev–Trinajstić information content (AvgIpc) is 0.793. The molecule has 0 aromatic rings. The van der Waals surface area contributed by atoms with E-state index in [-0.39, 0.29) is 44.2 Å². The van der Waals surface area contributed by atoms with Crippen LogP contribution >= 0.6 is 7.82 Å². The molecule has 0 aromatic carbocycles. The van der Waals surface area contributed by atoms with Gasteiger partial charge < -0.3 is 53.5 Å². The number of phosphoric ester groups is 1. The molecule has 20 heteroatoms. The molecule has 0 bridgehead atoms. The smallest absolute Gasteiger partial charge is 0.462 e. The maximum absolute atomic E-state index is 15.0. The molecule has 2 fully saturated rings. The predicted octanol–water partition coefficient (Wildman–Crippen LogP) is 23.0. The fourth-order valence-corrected chi connectivity index (χ4v) is 16.2. The van der Waals surface area contributed by atoms with Gasteiger partial charge in [0.25, 0.3) is 0 Å². The van der Waals surface area contributed by atoms with Crippen molar-refractivity contribution in [3.8, 4) is 0 Å². The van der Waals surface area contributed by atoms with Crippen molar-refractivity contribution in [3.63, 3.8) is 0 Å². The minimum Gasteiger partial charge on any atom is -0.462 e. The van der Waals surface area contributed by atoms with Gasteiger partial charge in [0.05, 0.1) is 38.5 Å². The molecule has 2 aliphatic heterocycles. The third-order valence-corrected chi connectivity index (χ3v) is 22.8. The standard InChI is InChI=1S/C89H167N2O17P/c1-7-13-19-25-31-37-43-49-55-63-76(103-82(95)66-58-52-46-40-34-28-22-16-10-4)70-80(93)90-86-88(107-85(98)72-78(65-57-51-45-39-33-27-21-15-9-3)105-84(97)68-60-54-48-42-36-30-24-18-12-6)87(108-109(99,100)101)79(73-92)106-89(86)102-74-75-62-61-69-91(75)81(94)71-77(64-56-50-44-38-32-26-20-14-8-2)104-83(96)67-59-53-47-41-35-29-23-17-11-5/h75-79,86-89,92H,7-74H2,1-6H3,(H,90,93)(H2,99,100,101)/t75-,76+,77+,78+,79?,86?,87-,88+,89+/m0/s1. The molecule has 0 aromatic heterocycles. The van der Waals surface area contributed by atoms with Crippen LogP contribution in [-0.4, -0.2) is 130 Å². The van der Waals surface area contributed by atoms with Crippen molar-refractivity contribution in [2.45, 2.75) is 514 Å². The van der Waals surface area contributed by atoms with Crippen LogP contribution in [0.25, 0.3) is 0 Å². The van der Waals surface area contributed by atoms with Gasteiger partial charge in [-0.2, -0.15) is 0 Å². The van der Waals surface area contributed by atoms with E-state index >= 15 is 4.79 Å². The summed E-state index contributed by atoms with van der Waals surface area (Å²) < 4.78 is 56.5. The van der Waals surface area contributed by atoms with E-state index in [9.17, 15) is 43.4 Å². The molecule has 2 unspecified atom stereocenters. The van der Waals surface area contributed by atoms with E-state index in [1.54, 1.807) is 4.90 Å². The molecule has 109 heavy (non-hydrogen) atoms. The van der Waals surface area contributed by atoms with Gasteiger partial charge in [-0.15, -0.1) is 0 Å². The number of carbonyl (C=O) groups excluding carboxylic acids is 6. The highest BCUT2D eigenvalue weighted by Crippen LogP contribution is 2.43. The molecule has 0 saturated carbocycles. The van der Waals surface area contributed by atoms with Gasteiger partial charge in [0.2, 0.25) is 11.8 Å². The Kier molecular flexibility index (Phi) is 65.7. The third-order valence-electron chi connectivity index (χ3n) is 22.3. The van der Waals surface area contributed by atoms with Gasteiger partial charge in [0.1, 0.15) is 36.6 Å². The summed E-state index contributed by atoms with van der Waals surface area (Å²) in [5.41, 5.74) is 0. The summed E-state index contributed by atoms with van der Waals surface area (Å²) in [5, 5.41) is 14.1. The van der Waals surface area contributed by atoms with E-state index in [0.717, 1.165) is 154 Å². The number of hydrogen-bond donors (Lipinski definition) is 4. The number of aliphatic hydroxyl groups is 1. The van der Waals surface area contributed by atoms with Gasteiger partial charge >= 0.3 is 31.7 Å². The van der Waals surface area contributed by atoms with Crippen LogP contribution < -0.4 is 5.32 Å². The van der Waals surface area contributed by atoms with Crippen molar-refractivity contribution in [1.29, 1.82) is 0 Å². The fourth-order valence-electron chi connectivity index (χ4n) is 15.6. The molecule has 4 N–H and O–H groups in total. The minimum atomic E-state index is -5.48. The Bertz CT molecular complexity index is 2260. The Morgan fingerprint density at radius 3 is 1.06 bits per heavy atom. The lowest BCUT2D eigenvalue weighted by Gasteiger charge is -2.45. The lowest BCUT2D eigenvalue weighted by atomic mass is 9.95. The maximum atomic E-state index is 15.0. The number of rotatable bonds is 77. The summed E-state index contributed by atoms with van der Waals surface area (Å²) >= 11 is 0. The highest BCUT2D eigenvalue weighted by molar-refractivity contribution is 7.46. The van der Waals surface area contributed by atoms with Crippen molar-refractivity contribution in [3.05, 3.63) is 0 Å². The van der Waals surface area contributed by atoms with Crippen molar-refractivity contribution < 1.29 is 81.2 Å². The normalized spacial score (nSPS) is 18.2. The van der Waals surface area contributed by atoms with E-state index in [2.05, 4.69) is 46.9 Å². The first-order valence-electron chi connectivity index (χ1n) is 46.0. The van der Waals surface area contributed by atoms with E-state index in [1.807, 2.05) is 0 Å². The number of nitrogens with one attached hydrogen (secondary N) is 1. The van der Waals surface area contributed by atoms with Crippen LogP contribution in [0.3, 0.4) is 0 Å². The zero-order valence-electron chi connectivity index (χ0n) is 70.7. The Morgan fingerprint density at radius 1 is 0.413 bits per heavy atom. The monoisotopic (exact) mass is 1570 g/mol. The van der Waals surface area contributed by atoms with Gasteiger partial charge in [-0.3, -0.25) is 33.3 Å². The number of phosphoric acid groups is 1. The van der Waals surface area contributed by atoms with Crippen molar-refractivity contribution in [1.82, 2.24) is 10.2 Å². The second kappa shape index (κ2) is 70.2. The quantitative estimate of drug-likeness (QED) is 0.0191. The van der Waals surface area contributed by atoms with E-state index in [4.69, 9.17) is 32.9 Å². The molecule has 640 valence electrons. The van der Waals surface area contributed by atoms with Gasteiger partial charge in [0, 0.05) is 25.8 Å². The summed E-state index contributed by atoms with van der Waals surface area (Å²) in [7, 11) is -5.48. The van der Waals surface area contributed by atoms with Crippen molar-refractivity contribution in [2.24, 2.45) is 0 Å². The van der Waals surface area contributed by atoms with Gasteiger partial charge in [-0.05, 0) is 70.6 Å². The SMILES string of the molecule is CCCCCCCCCCCC(=O)O[C@H](CCCCCCCCCCC)CC(=O)NC1[C@H](OC[C@@H]2CCCN2C(=O)C[C@@H](CCCCCCCCCCC)OC(=O)CCCCCCCCCCC)OC(CO)[C@H](OP(=O)(O)O)[C@@H]1OC(=O)C[C@@H](CCCCCCCCCCC)OC(=O)CCCCCCCCCCC. The second-order valence-corrected chi connectivity index (χ2v) is 33.8.